The van der Waals surface area contributed by atoms with Gasteiger partial charge in [0, 0.05) is 32.9 Å². The molecule has 10 aromatic rings. The van der Waals surface area contributed by atoms with Gasteiger partial charge in [0.15, 0.2) is 0 Å². The topological polar surface area (TPSA) is 21.3 Å². The quantitative estimate of drug-likeness (QED) is 0.179. The minimum Gasteiger partial charge on any atom is -0.456 e. The highest BCUT2D eigenvalue weighted by atomic mass is 16.3. The maximum absolute atomic E-state index is 6.49. The van der Waals surface area contributed by atoms with E-state index < -0.39 is 0 Å². The molecule has 8 aromatic carbocycles. The number of rotatable bonds is 5. The van der Waals surface area contributed by atoms with Gasteiger partial charge in [-0.2, -0.15) is 0 Å². The number of furan rings is 1. The van der Waals surface area contributed by atoms with Crippen LogP contribution in [0.5, 0.6) is 0 Å². The maximum Gasteiger partial charge on any atom is 0.137 e. The first-order valence-electron chi connectivity index (χ1n) is 18.7. The molecule has 3 nitrogen and oxygen atoms in total. The van der Waals surface area contributed by atoms with Crippen LogP contribution < -0.4 is 4.90 Å². The predicted octanol–water partition coefficient (Wildman–Crippen LogP) is 14.1. The minimum absolute atomic E-state index is 0.209. The molecule has 0 spiro atoms. The van der Waals surface area contributed by atoms with E-state index in [9.17, 15) is 0 Å². The Morgan fingerprint density at radius 2 is 1.13 bits per heavy atom. The molecule has 1 aliphatic carbocycles. The van der Waals surface area contributed by atoms with Gasteiger partial charge in [0.25, 0.3) is 0 Å². The van der Waals surface area contributed by atoms with Crippen molar-refractivity contribution >= 4 is 60.8 Å². The Morgan fingerprint density at radius 1 is 0.481 bits per heavy atom. The third-order valence-electron chi connectivity index (χ3n) is 11.6. The molecule has 54 heavy (non-hydrogen) atoms. The smallest absolute Gasteiger partial charge is 0.137 e. The summed E-state index contributed by atoms with van der Waals surface area (Å²) in [6.07, 6.45) is 0. The second-order valence-corrected chi connectivity index (χ2v) is 14.9. The average molecular weight is 693 g/mol. The Morgan fingerprint density at radius 3 is 2.00 bits per heavy atom. The van der Waals surface area contributed by atoms with Gasteiger partial charge in [-0.1, -0.05) is 135 Å². The monoisotopic (exact) mass is 692 g/mol. The number of anilines is 3. The molecule has 0 unspecified atom stereocenters. The predicted molar refractivity (Wildman–Crippen MR) is 226 cm³/mol. The molecule has 0 saturated carbocycles. The molecule has 2 heterocycles. The van der Waals surface area contributed by atoms with E-state index in [1.807, 2.05) is 6.07 Å². The highest BCUT2D eigenvalue weighted by Crippen LogP contribution is 2.55. The Labute approximate surface area is 314 Å². The number of para-hydroxylation sites is 2. The highest BCUT2D eigenvalue weighted by Gasteiger charge is 2.39. The summed E-state index contributed by atoms with van der Waals surface area (Å²) in [6, 6.07) is 65.9. The summed E-state index contributed by atoms with van der Waals surface area (Å²) in [5, 5.41) is 4.65. The standard InChI is InChI=1S/C51H36N2O/c1-51(2)42-20-9-6-16-37(42)39-19-12-23-46(50(39)51)53(45-22-13-25-48-49(45)40-18-8-11-24-47(40)54-48)36-30-31-44-41(32-36)38-17-7-10-21-43(38)52(44)35-28-26-34(27-29-35)33-14-4-3-5-15-33/h3-32H,1-2H3. The van der Waals surface area contributed by atoms with Gasteiger partial charge in [-0.3, -0.25) is 0 Å². The first-order chi connectivity index (χ1) is 26.6. The van der Waals surface area contributed by atoms with Crippen molar-refractivity contribution in [3.05, 3.63) is 193 Å². The van der Waals surface area contributed by atoms with E-state index in [0.29, 0.717) is 0 Å². The summed E-state index contributed by atoms with van der Waals surface area (Å²) in [5.41, 5.74) is 16.1. The van der Waals surface area contributed by atoms with Crippen molar-refractivity contribution in [2.75, 3.05) is 4.90 Å². The number of nitrogens with zero attached hydrogens (tertiary/aromatic N) is 2. The molecule has 0 saturated heterocycles. The number of fused-ring (bicyclic) bond motifs is 9. The summed E-state index contributed by atoms with van der Waals surface area (Å²) >= 11 is 0. The zero-order valence-corrected chi connectivity index (χ0v) is 30.1. The van der Waals surface area contributed by atoms with Crippen molar-refractivity contribution in [1.29, 1.82) is 0 Å². The lowest BCUT2D eigenvalue weighted by Crippen LogP contribution is -2.20. The largest absolute Gasteiger partial charge is 0.456 e. The van der Waals surface area contributed by atoms with E-state index in [4.69, 9.17) is 4.42 Å². The SMILES string of the molecule is CC1(C)c2ccccc2-c2cccc(N(c3ccc4c(c3)c3ccccc3n4-c3ccc(-c4ccccc4)cc3)c3cccc4oc5ccccc5c34)c21. The molecule has 0 N–H and O–H groups in total. The third kappa shape index (κ3) is 4.42. The van der Waals surface area contributed by atoms with Gasteiger partial charge < -0.3 is 13.9 Å². The van der Waals surface area contributed by atoms with Crippen molar-refractivity contribution in [3.8, 4) is 27.9 Å². The van der Waals surface area contributed by atoms with E-state index in [1.165, 1.54) is 60.9 Å². The summed E-state index contributed by atoms with van der Waals surface area (Å²) < 4.78 is 8.89. The molecule has 256 valence electrons. The van der Waals surface area contributed by atoms with Gasteiger partial charge in [0.1, 0.15) is 11.2 Å². The molecule has 1 aliphatic rings. The first kappa shape index (κ1) is 30.8. The molecule has 0 amide bonds. The van der Waals surface area contributed by atoms with Gasteiger partial charge >= 0.3 is 0 Å². The minimum atomic E-state index is -0.209. The Kier molecular flexibility index (Phi) is 6.60. The lowest BCUT2D eigenvalue weighted by Gasteiger charge is -2.32. The van der Waals surface area contributed by atoms with Crippen LogP contribution in [0.3, 0.4) is 0 Å². The summed E-state index contributed by atoms with van der Waals surface area (Å²) in [6.45, 7) is 4.74. The number of benzene rings is 8. The van der Waals surface area contributed by atoms with Crippen molar-refractivity contribution in [2.24, 2.45) is 0 Å². The zero-order valence-electron chi connectivity index (χ0n) is 30.1. The Balaban J connectivity index is 1.17. The van der Waals surface area contributed by atoms with Crippen LogP contribution in [0.25, 0.3) is 71.7 Å². The van der Waals surface area contributed by atoms with Gasteiger partial charge in [-0.15, -0.1) is 0 Å². The highest BCUT2D eigenvalue weighted by molar-refractivity contribution is 6.15. The molecular formula is C51H36N2O. The molecule has 0 atom stereocenters. The fraction of sp³-hybridized carbons (Fsp3) is 0.0588. The van der Waals surface area contributed by atoms with Crippen LogP contribution in [-0.4, -0.2) is 4.57 Å². The summed E-state index contributed by atoms with van der Waals surface area (Å²) in [4.78, 5) is 2.48. The molecule has 3 heteroatoms. The van der Waals surface area contributed by atoms with Gasteiger partial charge in [-0.25, -0.2) is 0 Å². The number of hydrogen-bond acceptors (Lipinski definition) is 2. The van der Waals surface area contributed by atoms with Crippen LogP contribution in [0.1, 0.15) is 25.0 Å². The van der Waals surface area contributed by atoms with Crippen LogP contribution in [0, 0.1) is 0 Å². The van der Waals surface area contributed by atoms with E-state index in [-0.39, 0.29) is 5.41 Å². The van der Waals surface area contributed by atoms with E-state index in [2.05, 4.69) is 199 Å². The lowest BCUT2D eigenvalue weighted by atomic mass is 9.81. The molecule has 0 radical (unpaired) electrons. The van der Waals surface area contributed by atoms with E-state index in [1.54, 1.807) is 0 Å². The molecule has 0 fully saturated rings. The Bertz CT molecular complexity index is 3070. The van der Waals surface area contributed by atoms with E-state index >= 15 is 0 Å². The van der Waals surface area contributed by atoms with Crippen LogP contribution in [0.2, 0.25) is 0 Å². The summed E-state index contributed by atoms with van der Waals surface area (Å²) in [7, 11) is 0. The van der Waals surface area contributed by atoms with Crippen LogP contribution in [-0.2, 0) is 5.41 Å². The fourth-order valence-corrected chi connectivity index (χ4v) is 9.17. The normalized spacial score (nSPS) is 13.1. The zero-order chi connectivity index (χ0) is 36.0. The first-order valence-corrected chi connectivity index (χ1v) is 18.7. The van der Waals surface area contributed by atoms with Crippen LogP contribution in [0.4, 0.5) is 17.1 Å². The fourth-order valence-electron chi connectivity index (χ4n) is 9.17. The third-order valence-corrected chi connectivity index (χ3v) is 11.6. The van der Waals surface area contributed by atoms with Gasteiger partial charge in [0.2, 0.25) is 0 Å². The second kappa shape index (κ2) is 11.6. The van der Waals surface area contributed by atoms with Crippen LogP contribution in [0.15, 0.2) is 186 Å². The van der Waals surface area contributed by atoms with Gasteiger partial charge in [-0.05, 0) is 94.0 Å². The Hall–Kier alpha value is -6.84. The van der Waals surface area contributed by atoms with Crippen LogP contribution >= 0.6 is 0 Å². The number of hydrogen-bond donors (Lipinski definition) is 0. The average Bonchev–Trinajstić information content (AvgIpc) is 3.85. The molecule has 0 aliphatic heterocycles. The summed E-state index contributed by atoms with van der Waals surface area (Å²) in [5.74, 6) is 0. The maximum atomic E-state index is 6.49. The van der Waals surface area contributed by atoms with Gasteiger partial charge in [0.05, 0.1) is 27.8 Å². The van der Waals surface area contributed by atoms with Crippen molar-refractivity contribution in [1.82, 2.24) is 4.57 Å². The molecule has 0 bridgehead atoms. The van der Waals surface area contributed by atoms with Crippen molar-refractivity contribution < 1.29 is 4.42 Å². The molecule has 11 rings (SSSR count). The van der Waals surface area contributed by atoms with E-state index in [0.717, 1.165) is 39.0 Å². The van der Waals surface area contributed by atoms with Crippen molar-refractivity contribution in [3.63, 3.8) is 0 Å². The lowest BCUT2D eigenvalue weighted by molar-refractivity contribution is 0.661. The van der Waals surface area contributed by atoms with Crippen molar-refractivity contribution in [2.45, 2.75) is 19.3 Å². The number of aromatic nitrogens is 1. The second-order valence-electron chi connectivity index (χ2n) is 14.9. The molecular weight excluding hydrogens is 657 g/mol. The molecule has 2 aromatic heterocycles.